The van der Waals surface area contributed by atoms with Crippen molar-refractivity contribution in [3.8, 4) is 11.5 Å². The van der Waals surface area contributed by atoms with Crippen LogP contribution in [0.25, 0.3) is 6.08 Å². The lowest BCUT2D eigenvalue weighted by molar-refractivity contribution is -0.121. The molecule has 2 aromatic carbocycles. The molecule has 2 aromatic rings. The molecule has 0 saturated carbocycles. The minimum Gasteiger partial charge on any atom is -0.490 e. The predicted molar refractivity (Wildman–Crippen MR) is 127 cm³/mol. The van der Waals surface area contributed by atoms with Gasteiger partial charge in [-0.2, -0.15) is 0 Å². The van der Waals surface area contributed by atoms with Gasteiger partial charge in [-0.3, -0.25) is 9.69 Å². The fraction of sp³-hybridized carbons (Fsp3) is 0.238. The molecule has 0 unspecified atom stereocenters. The van der Waals surface area contributed by atoms with E-state index in [1.54, 1.807) is 29.2 Å². The fourth-order valence-electron chi connectivity index (χ4n) is 2.76. The summed E-state index contributed by atoms with van der Waals surface area (Å²) in [5.41, 5.74) is 1.28. The number of halogens is 2. The van der Waals surface area contributed by atoms with Gasteiger partial charge in [0, 0.05) is 12.1 Å². The first kappa shape index (κ1) is 22.0. The van der Waals surface area contributed by atoms with Gasteiger partial charge in [-0.1, -0.05) is 42.2 Å². The van der Waals surface area contributed by atoms with Gasteiger partial charge in [-0.05, 0) is 66.3 Å². The number of rotatable bonds is 7. The second-order valence-corrected chi connectivity index (χ2v) is 8.91. The molecule has 29 heavy (non-hydrogen) atoms. The summed E-state index contributed by atoms with van der Waals surface area (Å²) in [4.78, 5) is 14.6. The molecule has 0 aromatic heterocycles. The SMILES string of the molecule is CCOc1cc(/C=C2\SC(=S)N(CC)C2=O)cc(I)c1OCc1ccccc1F. The van der Waals surface area contributed by atoms with Gasteiger partial charge in [0.2, 0.25) is 0 Å². The van der Waals surface area contributed by atoms with Gasteiger partial charge in [0.25, 0.3) is 5.91 Å². The van der Waals surface area contributed by atoms with Gasteiger partial charge < -0.3 is 9.47 Å². The third-order valence-corrected chi connectivity index (χ3v) is 6.33. The van der Waals surface area contributed by atoms with Gasteiger partial charge in [0.15, 0.2) is 11.5 Å². The van der Waals surface area contributed by atoms with E-state index in [-0.39, 0.29) is 18.3 Å². The van der Waals surface area contributed by atoms with E-state index in [2.05, 4.69) is 22.6 Å². The summed E-state index contributed by atoms with van der Waals surface area (Å²) in [6.45, 7) is 4.87. The normalized spacial score (nSPS) is 15.3. The van der Waals surface area contributed by atoms with Crippen molar-refractivity contribution in [2.45, 2.75) is 20.5 Å². The highest BCUT2D eigenvalue weighted by Gasteiger charge is 2.30. The summed E-state index contributed by atoms with van der Waals surface area (Å²) < 4.78 is 26.9. The number of ether oxygens (including phenoxy) is 2. The van der Waals surface area contributed by atoms with E-state index in [4.69, 9.17) is 21.7 Å². The van der Waals surface area contributed by atoms with Crippen LogP contribution in [0.4, 0.5) is 4.39 Å². The number of thiocarbonyl (C=S) groups is 1. The number of nitrogens with zero attached hydrogens (tertiary/aromatic N) is 1. The van der Waals surface area contributed by atoms with Crippen LogP contribution in [-0.4, -0.2) is 28.3 Å². The van der Waals surface area contributed by atoms with Gasteiger partial charge in [0.1, 0.15) is 16.7 Å². The average Bonchev–Trinajstić information content (AvgIpc) is 2.95. The molecule has 4 nitrogen and oxygen atoms in total. The number of hydrogen-bond donors (Lipinski definition) is 0. The average molecular weight is 543 g/mol. The molecule has 0 aliphatic carbocycles. The molecule has 1 saturated heterocycles. The number of hydrogen-bond acceptors (Lipinski definition) is 5. The molecule has 0 atom stereocenters. The Bertz CT molecular complexity index is 980. The van der Waals surface area contributed by atoms with Crippen LogP contribution in [0.1, 0.15) is 25.0 Å². The second-order valence-electron chi connectivity index (χ2n) is 6.07. The van der Waals surface area contributed by atoms with Crippen LogP contribution < -0.4 is 9.47 Å². The minimum atomic E-state index is -0.310. The smallest absolute Gasteiger partial charge is 0.266 e. The van der Waals surface area contributed by atoms with E-state index in [9.17, 15) is 9.18 Å². The van der Waals surface area contributed by atoms with Crippen molar-refractivity contribution in [2.24, 2.45) is 0 Å². The standard InChI is InChI=1S/C21H19FINO3S2/c1-3-24-20(25)18(29-21(24)28)11-13-9-16(23)19(17(10-13)26-4-2)27-12-14-7-5-6-8-15(14)22/h5-11H,3-4,12H2,1-2H3/b18-11-. The van der Waals surface area contributed by atoms with Gasteiger partial charge in [0.05, 0.1) is 15.1 Å². The quantitative estimate of drug-likeness (QED) is 0.257. The number of likely N-dealkylation sites (N-methyl/N-ethyl adjacent to an activating group) is 1. The van der Waals surface area contributed by atoms with Crippen LogP contribution in [0.15, 0.2) is 41.3 Å². The highest BCUT2D eigenvalue weighted by atomic mass is 127. The monoisotopic (exact) mass is 543 g/mol. The Morgan fingerprint density at radius 3 is 2.66 bits per heavy atom. The van der Waals surface area contributed by atoms with Crippen molar-refractivity contribution in [1.29, 1.82) is 0 Å². The Morgan fingerprint density at radius 1 is 1.24 bits per heavy atom. The van der Waals surface area contributed by atoms with E-state index >= 15 is 0 Å². The number of carbonyl (C=O) groups excluding carboxylic acids is 1. The molecule has 0 N–H and O–H groups in total. The molecule has 0 radical (unpaired) electrons. The van der Waals surface area contributed by atoms with Crippen molar-refractivity contribution in [1.82, 2.24) is 4.90 Å². The number of thioether (sulfide) groups is 1. The summed E-state index contributed by atoms with van der Waals surface area (Å²) in [6, 6.07) is 10.2. The molecule has 3 rings (SSSR count). The Labute approximate surface area is 192 Å². The largest absolute Gasteiger partial charge is 0.490 e. The van der Waals surface area contributed by atoms with E-state index < -0.39 is 0 Å². The molecule has 0 spiro atoms. The summed E-state index contributed by atoms with van der Waals surface area (Å²) in [5, 5.41) is 0. The number of benzene rings is 2. The first-order valence-electron chi connectivity index (χ1n) is 9.02. The maximum Gasteiger partial charge on any atom is 0.266 e. The first-order valence-corrected chi connectivity index (χ1v) is 11.3. The predicted octanol–water partition coefficient (Wildman–Crippen LogP) is 5.63. The second kappa shape index (κ2) is 9.90. The summed E-state index contributed by atoms with van der Waals surface area (Å²) in [7, 11) is 0. The Morgan fingerprint density at radius 2 is 2.00 bits per heavy atom. The van der Waals surface area contributed by atoms with E-state index in [1.165, 1.54) is 17.8 Å². The molecule has 1 aliphatic heterocycles. The zero-order valence-electron chi connectivity index (χ0n) is 15.9. The number of amides is 1. The van der Waals surface area contributed by atoms with Gasteiger partial charge in [-0.15, -0.1) is 0 Å². The van der Waals surface area contributed by atoms with E-state index in [0.717, 1.165) is 9.13 Å². The molecule has 152 valence electrons. The maximum atomic E-state index is 13.9. The highest BCUT2D eigenvalue weighted by molar-refractivity contribution is 14.1. The lowest BCUT2D eigenvalue weighted by atomic mass is 10.1. The molecule has 1 aliphatic rings. The summed E-state index contributed by atoms with van der Waals surface area (Å²) in [5.74, 6) is 0.701. The van der Waals surface area contributed by atoms with Crippen molar-refractivity contribution < 1.29 is 18.7 Å². The lowest BCUT2D eigenvalue weighted by Crippen LogP contribution is -2.27. The fourth-order valence-corrected chi connectivity index (χ4v) is 4.93. The van der Waals surface area contributed by atoms with Crippen LogP contribution in [0.3, 0.4) is 0 Å². The molecular formula is C21H19FINO3S2. The highest BCUT2D eigenvalue weighted by Crippen LogP contribution is 2.38. The lowest BCUT2D eigenvalue weighted by Gasteiger charge is -2.15. The molecule has 0 bridgehead atoms. The van der Waals surface area contributed by atoms with Crippen LogP contribution in [0.5, 0.6) is 11.5 Å². The van der Waals surface area contributed by atoms with Crippen LogP contribution in [-0.2, 0) is 11.4 Å². The Kier molecular flexibility index (Phi) is 7.53. The zero-order valence-corrected chi connectivity index (χ0v) is 19.7. The van der Waals surface area contributed by atoms with Crippen LogP contribution in [0, 0.1) is 9.39 Å². The van der Waals surface area contributed by atoms with E-state index in [1.807, 2.05) is 26.0 Å². The van der Waals surface area contributed by atoms with Crippen molar-refractivity contribution in [2.75, 3.05) is 13.2 Å². The topological polar surface area (TPSA) is 38.8 Å². The van der Waals surface area contributed by atoms with Gasteiger partial charge >= 0.3 is 0 Å². The minimum absolute atomic E-state index is 0.0876. The van der Waals surface area contributed by atoms with Crippen molar-refractivity contribution in [3.05, 3.63) is 61.8 Å². The summed E-state index contributed by atoms with van der Waals surface area (Å²) >= 11 is 8.71. The summed E-state index contributed by atoms with van der Waals surface area (Å²) in [6.07, 6.45) is 1.81. The Balaban J connectivity index is 1.89. The molecular weight excluding hydrogens is 524 g/mol. The molecule has 1 amide bonds. The third kappa shape index (κ3) is 5.10. The zero-order chi connectivity index (χ0) is 21.0. The van der Waals surface area contributed by atoms with Crippen molar-refractivity contribution >= 4 is 62.9 Å². The molecule has 1 fully saturated rings. The van der Waals surface area contributed by atoms with Gasteiger partial charge in [-0.25, -0.2) is 4.39 Å². The van der Waals surface area contributed by atoms with Crippen LogP contribution in [0.2, 0.25) is 0 Å². The van der Waals surface area contributed by atoms with E-state index in [0.29, 0.717) is 39.4 Å². The molecule has 1 heterocycles. The van der Waals surface area contributed by atoms with Crippen LogP contribution >= 0.6 is 46.6 Å². The first-order chi connectivity index (χ1) is 13.9. The Hall–Kier alpha value is -1.65. The maximum absolute atomic E-state index is 13.9. The third-order valence-electron chi connectivity index (χ3n) is 4.15. The molecule has 8 heteroatoms. The van der Waals surface area contributed by atoms with Crippen molar-refractivity contribution in [3.63, 3.8) is 0 Å². The number of carbonyl (C=O) groups is 1.